The predicted molar refractivity (Wildman–Crippen MR) is 93.9 cm³/mol. The van der Waals surface area contributed by atoms with Gasteiger partial charge in [-0.15, -0.1) is 0 Å². The number of esters is 2. The van der Waals surface area contributed by atoms with Gasteiger partial charge in [0.2, 0.25) is 0 Å². The second-order valence-corrected chi connectivity index (χ2v) is 5.03. The number of pyridine rings is 2. The van der Waals surface area contributed by atoms with Gasteiger partial charge in [0, 0.05) is 12.4 Å². The Morgan fingerprint density at radius 1 is 0.960 bits per heavy atom. The monoisotopic (exact) mass is 344 g/mol. The molecule has 25 heavy (non-hydrogen) atoms. The van der Waals surface area contributed by atoms with Crippen molar-refractivity contribution in [3.8, 4) is 0 Å². The SMILES string of the molecule is CCOC(=O)C(C)c1ccccn1.CCOC(=O)Cc1ccccn1. The molecule has 6 nitrogen and oxygen atoms in total. The largest absolute Gasteiger partial charge is 0.466 e. The van der Waals surface area contributed by atoms with Crippen LogP contribution in [0.4, 0.5) is 0 Å². The number of ether oxygens (including phenoxy) is 2. The molecule has 0 N–H and O–H groups in total. The first-order chi connectivity index (χ1) is 12.1. The van der Waals surface area contributed by atoms with Gasteiger partial charge in [0.1, 0.15) is 0 Å². The zero-order valence-corrected chi connectivity index (χ0v) is 14.8. The lowest BCUT2D eigenvalue weighted by molar-refractivity contribution is -0.144. The molecule has 0 saturated heterocycles. The standard InChI is InChI=1S/C10H13NO2.C9H11NO2/c1-3-13-10(12)8(2)9-6-4-5-7-11-9;1-2-12-9(11)7-8-5-3-4-6-10-8/h4-8H,3H2,1-2H3;3-6H,2,7H2,1H3. The van der Waals surface area contributed by atoms with E-state index in [0.717, 1.165) is 11.4 Å². The van der Waals surface area contributed by atoms with Crippen molar-refractivity contribution >= 4 is 11.9 Å². The first kappa shape index (κ1) is 20.3. The summed E-state index contributed by atoms with van der Waals surface area (Å²) in [5, 5.41) is 0. The molecule has 0 amide bonds. The van der Waals surface area contributed by atoms with Crippen LogP contribution in [0.3, 0.4) is 0 Å². The minimum Gasteiger partial charge on any atom is -0.466 e. The van der Waals surface area contributed by atoms with Gasteiger partial charge in [-0.2, -0.15) is 0 Å². The Kier molecular flexibility index (Phi) is 9.51. The molecule has 0 saturated carbocycles. The van der Waals surface area contributed by atoms with Gasteiger partial charge in [-0.25, -0.2) is 0 Å². The van der Waals surface area contributed by atoms with E-state index in [-0.39, 0.29) is 24.3 Å². The molecule has 134 valence electrons. The van der Waals surface area contributed by atoms with Crippen molar-refractivity contribution in [3.05, 3.63) is 60.2 Å². The van der Waals surface area contributed by atoms with Crippen LogP contribution in [-0.2, 0) is 25.5 Å². The molecule has 0 spiro atoms. The zero-order chi connectivity index (χ0) is 18.5. The van der Waals surface area contributed by atoms with Crippen LogP contribution in [0.15, 0.2) is 48.8 Å². The molecular formula is C19H24N2O4. The Morgan fingerprint density at radius 3 is 2.12 bits per heavy atom. The van der Waals surface area contributed by atoms with E-state index in [1.165, 1.54) is 0 Å². The number of hydrogen-bond donors (Lipinski definition) is 0. The number of hydrogen-bond acceptors (Lipinski definition) is 6. The second kappa shape index (κ2) is 11.7. The number of nitrogens with zero attached hydrogens (tertiary/aromatic N) is 2. The van der Waals surface area contributed by atoms with Crippen LogP contribution < -0.4 is 0 Å². The Balaban J connectivity index is 0.000000251. The predicted octanol–water partition coefficient (Wildman–Crippen LogP) is 2.94. The van der Waals surface area contributed by atoms with Gasteiger partial charge in [0.05, 0.1) is 36.9 Å². The van der Waals surface area contributed by atoms with Gasteiger partial charge in [-0.05, 0) is 45.0 Å². The normalized spacial score (nSPS) is 10.8. The van der Waals surface area contributed by atoms with Crippen molar-refractivity contribution in [2.45, 2.75) is 33.1 Å². The zero-order valence-electron chi connectivity index (χ0n) is 14.8. The van der Waals surface area contributed by atoms with Crippen LogP contribution in [-0.4, -0.2) is 35.1 Å². The summed E-state index contributed by atoms with van der Waals surface area (Å²) in [5.41, 5.74) is 1.50. The molecule has 2 aromatic rings. The molecule has 0 radical (unpaired) electrons. The minimum absolute atomic E-state index is 0.221. The fourth-order valence-corrected chi connectivity index (χ4v) is 1.88. The van der Waals surface area contributed by atoms with Crippen molar-refractivity contribution in [1.29, 1.82) is 0 Å². The maximum Gasteiger partial charge on any atom is 0.314 e. The Labute approximate surface area is 148 Å². The van der Waals surface area contributed by atoms with Gasteiger partial charge < -0.3 is 9.47 Å². The summed E-state index contributed by atoms with van der Waals surface area (Å²) < 4.78 is 9.65. The highest BCUT2D eigenvalue weighted by Gasteiger charge is 2.16. The van der Waals surface area contributed by atoms with Gasteiger partial charge in [0.15, 0.2) is 0 Å². The van der Waals surface area contributed by atoms with Crippen molar-refractivity contribution < 1.29 is 19.1 Å². The van der Waals surface area contributed by atoms with Gasteiger partial charge >= 0.3 is 11.9 Å². The lowest BCUT2D eigenvalue weighted by Gasteiger charge is -2.08. The van der Waals surface area contributed by atoms with Gasteiger partial charge in [-0.3, -0.25) is 19.6 Å². The van der Waals surface area contributed by atoms with Crippen LogP contribution in [0.25, 0.3) is 0 Å². The average Bonchev–Trinajstić information content (AvgIpc) is 2.63. The summed E-state index contributed by atoms with van der Waals surface area (Å²) >= 11 is 0. The molecule has 0 bridgehead atoms. The minimum atomic E-state index is -0.277. The fraction of sp³-hybridized carbons (Fsp3) is 0.368. The Bertz CT molecular complexity index is 632. The molecular weight excluding hydrogens is 320 g/mol. The van der Waals surface area contributed by atoms with Crippen molar-refractivity contribution in [2.75, 3.05) is 13.2 Å². The molecule has 1 unspecified atom stereocenters. The lowest BCUT2D eigenvalue weighted by atomic mass is 10.1. The van der Waals surface area contributed by atoms with E-state index in [1.54, 1.807) is 39.2 Å². The van der Waals surface area contributed by atoms with Gasteiger partial charge in [-0.1, -0.05) is 12.1 Å². The van der Waals surface area contributed by atoms with E-state index in [9.17, 15) is 9.59 Å². The topological polar surface area (TPSA) is 78.4 Å². The van der Waals surface area contributed by atoms with Crippen molar-refractivity contribution in [3.63, 3.8) is 0 Å². The molecule has 0 aliphatic carbocycles. The molecule has 2 aromatic heterocycles. The third-order valence-corrected chi connectivity index (χ3v) is 3.13. The summed E-state index contributed by atoms with van der Waals surface area (Å²) in [6.45, 7) is 6.21. The van der Waals surface area contributed by atoms with E-state index in [0.29, 0.717) is 13.2 Å². The molecule has 2 rings (SSSR count). The van der Waals surface area contributed by atoms with Gasteiger partial charge in [0.25, 0.3) is 0 Å². The van der Waals surface area contributed by atoms with E-state index in [2.05, 4.69) is 9.97 Å². The summed E-state index contributed by atoms with van der Waals surface area (Å²) in [5.74, 6) is -0.724. The molecule has 0 aromatic carbocycles. The second-order valence-electron chi connectivity index (χ2n) is 5.03. The lowest BCUT2D eigenvalue weighted by Crippen LogP contribution is -2.13. The summed E-state index contributed by atoms with van der Waals surface area (Å²) in [4.78, 5) is 30.3. The molecule has 0 fully saturated rings. The van der Waals surface area contributed by atoms with Crippen molar-refractivity contribution in [1.82, 2.24) is 9.97 Å². The van der Waals surface area contributed by atoms with E-state index >= 15 is 0 Å². The number of carbonyl (C=O) groups is 2. The van der Waals surface area contributed by atoms with E-state index in [1.807, 2.05) is 30.3 Å². The van der Waals surface area contributed by atoms with E-state index < -0.39 is 0 Å². The average molecular weight is 344 g/mol. The van der Waals surface area contributed by atoms with Crippen LogP contribution in [0, 0.1) is 0 Å². The number of rotatable bonds is 6. The summed E-state index contributed by atoms with van der Waals surface area (Å²) in [7, 11) is 0. The molecule has 6 heteroatoms. The maximum absolute atomic E-state index is 11.3. The smallest absolute Gasteiger partial charge is 0.314 e. The third-order valence-electron chi connectivity index (χ3n) is 3.13. The van der Waals surface area contributed by atoms with Crippen molar-refractivity contribution in [2.24, 2.45) is 0 Å². The highest BCUT2D eigenvalue weighted by Crippen LogP contribution is 2.12. The Hall–Kier alpha value is -2.76. The summed E-state index contributed by atoms with van der Waals surface area (Å²) in [6.07, 6.45) is 3.59. The number of aromatic nitrogens is 2. The molecule has 2 heterocycles. The first-order valence-corrected chi connectivity index (χ1v) is 8.21. The fourth-order valence-electron chi connectivity index (χ4n) is 1.88. The van der Waals surface area contributed by atoms with Crippen LogP contribution >= 0.6 is 0 Å². The third kappa shape index (κ3) is 8.06. The first-order valence-electron chi connectivity index (χ1n) is 8.21. The molecule has 0 aliphatic heterocycles. The van der Waals surface area contributed by atoms with E-state index in [4.69, 9.17) is 9.47 Å². The molecule has 0 aliphatic rings. The van der Waals surface area contributed by atoms with Crippen LogP contribution in [0.5, 0.6) is 0 Å². The van der Waals surface area contributed by atoms with Crippen LogP contribution in [0.2, 0.25) is 0 Å². The highest BCUT2D eigenvalue weighted by atomic mass is 16.5. The number of carbonyl (C=O) groups excluding carboxylic acids is 2. The van der Waals surface area contributed by atoms with Crippen LogP contribution in [0.1, 0.15) is 38.1 Å². The highest BCUT2D eigenvalue weighted by molar-refractivity contribution is 5.76. The summed E-state index contributed by atoms with van der Waals surface area (Å²) in [6, 6.07) is 11.0. The Morgan fingerprint density at radius 2 is 1.60 bits per heavy atom. The molecule has 1 atom stereocenters. The maximum atomic E-state index is 11.3. The quantitative estimate of drug-likeness (QED) is 0.750.